The lowest BCUT2D eigenvalue weighted by atomic mass is 10.1. The third-order valence-electron chi connectivity index (χ3n) is 2.75. The lowest BCUT2D eigenvalue weighted by molar-refractivity contribution is -0.0692. The van der Waals surface area contributed by atoms with Gasteiger partial charge < -0.3 is 30.7 Å². The third kappa shape index (κ3) is 2.05. The Bertz CT molecular complexity index is 382. The van der Waals surface area contributed by atoms with Crippen LogP contribution in [0, 0.1) is 0 Å². The number of hydrogen-bond donors (Lipinski definition) is 4. The van der Waals surface area contributed by atoms with Crippen LogP contribution in [0.2, 0.25) is 0 Å². The Morgan fingerprint density at radius 3 is 2.71 bits per heavy atom. The van der Waals surface area contributed by atoms with E-state index < -0.39 is 24.5 Å². The van der Waals surface area contributed by atoms with Gasteiger partial charge in [-0.2, -0.15) is 0 Å². The molecule has 94 valence electrons. The summed E-state index contributed by atoms with van der Waals surface area (Å²) < 4.78 is 5.33. The first-order chi connectivity index (χ1) is 8.04. The maximum absolute atomic E-state index is 9.81. The van der Waals surface area contributed by atoms with E-state index in [1.54, 1.807) is 6.20 Å². The van der Waals surface area contributed by atoms with Gasteiger partial charge in [0.05, 0.1) is 6.61 Å². The SMILES string of the molecule is C=C1N=C(N)C=CN1[C@@H]1O[C@H](CO)C(O)[C@@H]1O. The monoisotopic (exact) mass is 241 g/mol. The second-order valence-corrected chi connectivity index (χ2v) is 3.90. The molecule has 7 heteroatoms. The summed E-state index contributed by atoms with van der Waals surface area (Å²) in [5, 5.41) is 28.4. The molecule has 0 aliphatic carbocycles. The maximum Gasteiger partial charge on any atom is 0.164 e. The number of nitrogens with two attached hydrogens (primary N) is 1. The van der Waals surface area contributed by atoms with Crippen molar-refractivity contribution in [2.45, 2.75) is 24.5 Å². The number of amidine groups is 1. The van der Waals surface area contributed by atoms with Crippen LogP contribution >= 0.6 is 0 Å². The van der Waals surface area contributed by atoms with E-state index in [0.29, 0.717) is 11.7 Å². The van der Waals surface area contributed by atoms with Crippen LogP contribution in [0.4, 0.5) is 0 Å². The molecular weight excluding hydrogens is 226 g/mol. The predicted octanol–water partition coefficient (Wildman–Crippen LogP) is -1.92. The highest BCUT2D eigenvalue weighted by Crippen LogP contribution is 2.27. The number of nitrogens with zero attached hydrogens (tertiary/aromatic N) is 2. The van der Waals surface area contributed by atoms with E-state index in [1.165, 1.54) is 11.0 Å². The molecule has 0 amide bonds. The molecule has 0 bridgehead atoms. The highest BCUT2D eigenvalue weighted by Gasteiger charge is 2.45. The summed E-state index contributed by atoms with van der Waals surface area (Å²) >= 11 is 0. The van der Waals surface area contributed by atoms with Gasteiger partial charge in [-0.15, -0.1) is 0 Å². The van der Waals surface area contributed by atoms with E-state index in [4.69, 9.17) is 15.6 Å². The summed E-state index contributed by atoms with van der Waals surface area (Å²) in [5.41, 5.74) is 5.48. The van der Waals surface area contributed by atoms with Crippen molar-refractivity contribution in [3.8, 4) is 0 Å². The van der Waals surface area contributed by atoms with Crippen LogP contribution in [0.1, 0.15) is 0 Å². The Labute approximate surface area is 98.1 Å². The molecule has 2 heterocycles. The molecular formula is C10H15N3O4. The molecule has 0 aromatic rings. The third-order valence-corrected chi connectivity index (χ3v) is 2.75. The second-order valence-electron chi connectivity index (χ2n) is 3.90. The number of rotatable bonds is 2. The average Bonchev–Trinajstić information content (AvgIpc) is 2.57. The zero-order valence-electron chi connectivity index (χ0n) is 9.10. The fourth-order valence-electron chi connectivity index (χ4n) is 1.83. The highest BCUT2D eigenvalue weighted by atomic mass is 16.6. The van der Waals surface area contributed by atoms with Gasteiger partial charge in [0, 0.05) is 6.20 Å². The Morgan fingerprint density at radius 1 is 1.47 bits per heavy atom. The van der Waals surface area contributed by atoms with Crippen molar-refractivity contribution in [1.29, 1.82) is 0 Å². The molecule has 2 aliphatic heterocycles. The van der Waals surface area contributed by atoms with Gasteiger partial charge in [-0.1, -0.05) is 6.58 Å². The number of aliphatic hydroxyl groups is 3. The van der Waals surface area contributed by atoms with Crippen LogP contribution in [-0.4, -0.2) is 57.2 Å². The summed E-state index contributed by atoms with van der Waals surface area (Å²) in [6, 6.07) is 0. The van der Waals surface area contributed by atoms with Crippen LogP contribution in [0.25, 0.3) is 0 Å². The van der Waals surface area contributed by atoms with Crippen LogP contribution in [0.15, 0.2) is 29.7 Å². The molecule has 0 spiro atoms. The van der Waals surface area contributed by atoms with E-state index in [-0.39, 0.29) is 6.61 Å². The van der Waals surface area contributed by atoms with E-state index in [1.807, 2.05) is 0 Å². The number of ether oxygens (including phenoxy) is 1. The second kappa shape index (κ2) is 4.46. The van der Waals surface area contributed by atoms with Crippen LogP contribution in [0.3, 0.4) is 0 Å². The van der Waals surface area contributed by atoms with Gasteiger partial charge in [-0.25, -0.2) is 4.99 Å². The molecule has 1 fully saturated rings. The van der Waals surface area contributed by atoms with Crippen molar-refractivity contribution in [1.82, 2.24) is 4.90 Å². The summed E-state index contributed by atoms with van der Waals surface area (Å²) in [6.07, 6.45) is -0.853. The zero-order valence-corrected chi connectivity index (χ0v) is 9.10. The molecule has 1 saturated heterocycles. The van der Waals surface area contributed by atoms with Crippen LogP contribution in [0.5, 0.6) is 0 Å². The van der Waals surface area contributed by atoms with Crippen LogP contribution < -0.4 is 5.73 Å². The molecule has 5 N–H and O–H groups in total. The average molecular weight is 241 g/mol. The number of hydrogen-bond acceptors (Lipinski definition) is 7. The van der Waals surface area contributed by atoms with Crippen molar-refractivity contribution in [3.05, 3.63) is 24.7 Å². The van der Waals surface area contributed by atoms with Gasteiger partial charge in [0.15, 0.2) is 6.23 Å². The molecule has 0 radical (unpaired) electrons. The van der Waals surface area contributed by atoms with Crippen molar-refractivity contribution in [2.24, 2.45) is 10.7 Å². The highest BCUT2D eigenvalue weighted by molar-refractivity contribution is 5.92. The standard InChI is InChI=1S/C10H15N3O4/c1-5-12-7(11)2-3-13(5)10-9(16)8(15)6(4-14)17-10/h2-3,6,8-10,14-16H,1,4H2,(H2,11,12)/t6-,8?,9+,10-/m1/s1. The zero-order chi connectivity index (χ0) is 12.6. The first kappa shape index (κ1) is 12.1. The molecule has 0 aromatic heterocycles. The van der Waals surface area contributed by atoms with E-state index in [2.05, 4.69) is 11.6 Å². The molecule has 0 aromatic carbocycles. The first-order valence-corrected chi connectivity index (χ1v) is 5.16. The Kier molecular flexibility index (Phi) is 3.16. The summed E-state index contributed by atoms with van der Waals surface area (Å²) in [6.45, 7) is 3.30. The molecule has 2 rings (SSSR count). The van der Waals surface area contributed by atoms with Gasteiger partial charge in [-0.05, 0) is 6.08 Å². The van der Waals surface area contributed by atoms with Crippen molar-refractivity contribution < 1.29 is 20.1 Å². The Hall–Kier alpha value is -1.41. The minimum Gasteiger partial charge on any atom is -0.394 e. The minimum absolute atomic E-state index is 0.304. The van der Waals surface area contributed by atoms with Crippen molar-refractivity contribution in [2.75, 3.05) is 6.61 Å². The lowest BCUT2D eigenvalue weighted by Crippen LogP contribution is -2.41. The van der Waals surface area contributed by atoms with Crippen molar-refractivity contribution in [3.63, 3.8) is 0 Å². The van der Waals surface area contributed by atoms with E-state index in [0.717, 1.165) is 0 Å². The molecule has 0 saturated carbocycles. The van der Waals surface area contributed by atoms with Crippen LogP contribution in [-0.2, 0) is 4.74 Å². The minimum atomic E-state index is -1.15. The molecule has 7 nitrogen and oxygen atoms in total. The van der Waals surface area contributed by atoms with Gasteiger partial charge in [0.2, 0.25) is 0 Å². The topological polar surface area (TPSA) is 112 Å². The van der Waals surface area contributed by atoms with E-state index in [9.17, 15) is 10.2 Å². The smallest absolute Gasteiger partial charge is 0.164 e. The van der Waals surface area contributed by atoms with Gasteiger partial charge in [0.1, 0.15) is 30.0 Å². The molecule has 1 unspecified atom stereocenters. The Morgan fingerprint density at radius 2 is 2.18 bits per heavy atom. The van der Waals surface area contributed by atoms with Gasteiger partial charge in [-0.3, -0.25) is 0 Å². The summed E-state index contributed by atoms with van der Waals surface area (Å²) in [5.74, 6) is 0.609. The maximum atomic E-state index is 9.81. The Balaban J connectivity index is 2.15. The quantitative estimate of drug-likeness (QED) is 0.448. The largest absolute Gasteiger partial charge is 0.394 e. The molecule has 2 aliphatic rings. The fourth-order valence-corrected chi connectivity index (χ4v) is 1.83. The molecule has 4 atom stereocenters. The normalized spacial score (nSPS) is 37.5. The molecule has 17 heavy (non-hydrogen) atoms. The number of aliphatic imine (C=N–C) groups is 1. The number of aliphatic hydroxyl groups excluding tert-OH is 3. The first-order valence-electron chi connectivity index (χ1n) is 5.16. The van der Waals surface area contributed by atoms with Gasteiger partial charge >= 0.3 is 0 Å². The lowest BCUT2D eigenvalue weighted by Gasteiger charge is -2.30. The van der Waals surface area contributed by atoms with E-state index >= 15 is 0 Å². The predicted molar refractivity (Wildman–Crippen MR) is 59.5 cm³/mol. The van der Waals surface area contributed by atoms with Crippen molar-refractivity contribution >= 4 is 5.84 Å². The fraction of sp³-hybridized carbons (Fsp3) is 0.500. The summed E-state index contributed by atoms with van der Waals surface area (Å²) in [7, 11) is 0. The van der Waals surface area contributed by atoms with Gasteiger partial charge in [0.25, 0.3) is 0 Å². The summed E-state index contributed by atoms with van der Waals surface area (Å²) in [4.78, 5) is 5.38.